The summed E-state index contributed by atoms with van der Waals surface area (Å²) in [5, 5.41) is 9.33. The monoisotopic (exact) mass is 449 g/mol. The number of halogens is 4. The van der Waals surface area contributed by atoms with Crippen molar-refractivity contribution < 1.29 is 32.2 Å². The maximum Gasteiger partial charge on any atom is 0.422 e. The molecule has 146 valence electrons. The molecule has 0 radical (unpaired) electrons. The molecule has 2 bridgehead atoms. The average molecular weight is 450 g/mol. The molecule has 2 atom stereocenters. The van der Waals surface area contributed by atoms with Gasteiger partial charge < -0.3 is 19.2 Å². The van der Waals surface area contributed by atoms with Crippen LogP contribution in [0.1, 0.15) is 12.8 Å². The fourth-order valence-electron chi connectivity index (χ4n) is 3.71. The normalized spacial score (nSPS) is 22.5. The number of hydrogen-bond acceptors (Lipinski definition) is 5. The van der Waals surface area contributed by atoms with Crippen molar-refractivity contribution in [2.75, 3.05) is 24.6 Å². The van der Waals surface area contributed by atoms with Crippen molar-refractivity contribution in [3.8, 4) is 5.75 Å². The Labute approximate surface area is 159 Å². The van der Waals surface area contributed by atoms with E-state index in [4.69, 9.17) is 9.15 Å². The fraction of sp³-hybridized carbons (Fsp3) is 0.500. The number of ether oxygens (including phenoxy) is 1. The third-order valence-corrected chi connectivity index (χ3v) is 5.37. The Morgan fingerprint density at radius 1 is 1.33 bits per heavy atom. The number of amides is 1. The largest absolute Gasteiger partial charge is 0.484 e. The van der Waals surface area contributed by atoms with Crippen molar-refractivity contribution in [3.05, 3.63) is 16.6 Å². The molecule has 27 heavy (non-hydrogen) atoms. The molecule has 2 unspecified atom stereocenters. The number of carbonyl (C=O) groups is 1. The number of alkyl halides is 3. The zero-order chi connectivity index (χ0) is 19.3. The van der Waals surface area contributed by atoms with E-state index in [1.165, 1.54) is 17.0 Å². The number of rotatable bonds is 3. The van der Waals surface area contributed by atoms with Gasteiger partial charge in [0.05, 0.1) is 16.6 Å². The molecule has 0 aliphatic carbocycles. The lowest BCUT2D eigenvalue weighted by Gasteiger charge is -2.38. The van der Waals surface area contributed by atoms with Crippen LogP contribution < -0.4 is 9.64 Å². The number of anilines is 1. The molecule has 1 aromatic carbocycles. The number of aromatic nitrogens is 1. The predicted molar refractivity (Wildman–Crippen MR) is 92.1 cm³/mol. The quantitative estimate of drug-likeness (QED) is 0.766. The van der Waals surface area contributed by atoms with E-state index >= 15 is 0 Å². The van der Waals surface area contributed by atoms with E-state index < -0.39 is 18.9 Å². The number of carboxylic acid groups (broad SMARTS) is 1. The van der Waals surface area contributed by atoms with Crippen LogP contribution in [0.15, 0.2) is 21.0 Å². The van der Waals surface area contributed by atoms with Gasteiger partial charge in [0, 0.05) is 19.2 Å². The van der Waals surface area contributed by atoms with Crippen molar-refractivity contribution in [1.82, 2.24) is 9.88 Å². The number of oxazole rings is 1. The Hall–Kier alpha value is -2.17. The molecule has 2 aromatic rings. The Balaban J connectivity index is 1.57. The van der Waals surface area contributed by atoms with Gasteiger partial charge in [-0.3, -0.25) is 4.90 Å². The molecule has 1 amide bonds. The molecule has 2 saturated heterocycles. The molecular weight excluding hydrogens is 435 g/mol. The number of benzene rings is 1. The third-order valence-electron chi connectivity index (χ3n) is 4.78. The maximum atomic E-state index is 12.3. The van der Waals surface area contributed by atoms with Gasteiger partial charge in [0.15, 0.2) is 12.2 Å². The summed E-state index contributed by atoms with van der Waals surface area (Å²) in [4.78, 5) is 19.1. The first-order valence-electron chi connectivity index (χ1n) is 8.27. The Morgan fingerprint density at radius 3 is 2.59 bits per heavy atom. The van der Waals surface area contributed by atoms with Gasteiger partial charge in [-0.1, -0.05) is 0 Å². The summed E-state index contributed by atoms with van der Waals surface area (Å²) in [6.07, 6.45) is -3.78. The molecule has 4 rings (SSSR count). The van der Waals surface area contributed by atoms with E-state index in [0.29, 0.717) is 34.7 Å². The molecule has 1 aromatic heterocycles. The summed E-state index contributed by atoms with van der Waals surface area (Å²) in [6.45, 7) is -0.467. The lowest BCUT2D eigenvalue weighted by atomic mass is 10.2. The minimum absolute atomic E-state index is 0.0299. The third kappa shape index (κ3) is 3.52. The van der Waals surface area contributed by atoms with Crippen LogP contribution >= 0.6 is 15.9 Å². The van der Waals surface area contributed by atoms with Crippen LogP contribution in [-0.4, -0.2) is 59.0 Å². The lowest BCUT2D eigenvalue weighted by Crippen LogP contribution is -2.55. The van der Waals surface area contributed by atoms with E-state index in [9.17, 15) is 23.1 Å². The van der Waals surface area contributed by atoms with Crippen LogP contribution in [0.3, 0.4) is 0 Å². The first kappa shape index (κ1) is 18.2. The summed E-state index contributed by atoms with van der Waals surface area (Å²) < 4.78 is 48.0. The first-order chi connectivity index (χ1) is 12.7. The van der Waals surface area contributed by atoms with Gasteiger partial charge in [-0.2, -0.15) is 18.2 Å². The SMILES string of the molecule is O=C(O)N1C2CCC1CN(c1nc3cc(OCC(F)(F)F)cc(Br)c3o1)C2. The topological polar surface area (TPSA) is 79.0 Å². The molecule has 0 saturated carbocycles. The Kier molecular flexibility index (Phi) is 4.36. The van der Waals surface area contributed by atoms with Crippen LogP contribution in [0.25, 0.3) is 11.1 Å². The molecule has 2 aliphatic heterocycles. The summed E-state index contributed by atoms with van der Waals surface area (Å²) in [5.74, 6) is 0.0299. The van der Waals surface area contributed by atoms with Crippen molar-refractivity contribution in [1.29, 1.82) is 0 Å². The number of piperazine rings is 1. The van der Waals surface area contributed by atoms with E-state index in [2.05, 4.69) is 20.9 Å². The van der Waals surface area contributed by atoms with Crippen LogP contribution in [0, 0.1) is 0 Å². The highest BCUT2D eigenvalue weighted by Gasteiger charge is 2.43. The number of fused-ring (bicyclic) bond motifs is 3. The highest BCUT2D eigenvalue weighted by Crippen LogP contribution is 2.36. The standard InChI is InChI=1S/C16H15BrF3N3O4/c17-11-3-10(26-7-16(18,19)20)4-12-13(11)27-14(21-12)22-5-8-1-2-9(6-22)23(8)15(24)25/h3-4,8-9H,1-2,5-7H2,(H,24,25). The van der Waals surface area contributed by atoms with Crippen LogP contribution in [0.5, 0.6) is 5.75 Å². The minimum atomic E-state index is -4.43. The molecule has 11 heteroatoms. The predicted octanol–water partition coefficient (Wildman–Crippen LogP) is 3.86. The van der Waals surface area contributed by atoms with Gasteiger partial charge in [-0.25, -0.2) is 4.79 Å². The van der Waals surface area contributed by atoms with E-state index in [0.717, 1.165) is 12.8 Å². The van der Waals surface area contributed by atoms with Crippen LogP contribution in [0.4, 0.5) is 24.0 Å². The van der Waals surface area contributed by atoms with Crippen molar-refractivity contribution in [2.24, 2.45) is 0 Å². The van der Waals surface area contributed by atoms with Crippen molar-refractivity contribution in [3.63, 3.8) is 0 Å². The van der Waals surface area contributed by atoms with Gasteiger partial charge in [0.25, 0.3) is 6.01 Å². The van der Waals surface area contributed by atoms with E-state index in [1.54, 1.807) is 0 Å². The second-order valence-electron chi connectivity index (χ2n) is 6.63. The minimum Gasteiger partial charge on any atom is -0.484 e. The summed E-state index contributed by atoms with van der Waals surface area (Å²) >= 11 is 3.27. The fourth-order valence-corrected chi connectivity index (χ4v) is 4.22. The summed E-state index contributed by atoms with van der Waals surface area (Å²) in [6, 6.07) is 2.87. The van der Waals surface area contributed by atoms with Gasteiger partial charge in [0.1, 0.15) is 11.3 Å². The highest BCUT2D eigenvalue weighted by atomic mass is 79.9. The summed E-state index contributed by atoms with van der Waals surface area (Å²) in [7, 11) is 0. The first-order valence-corrected chi connectivity index (χ1v) is 9.06. The van der Waals surface area contributed by atoms with Gasteiger partial charge >= 0.3 is 12.3 Å². The molecule has 2 fully saturated rings. The second kappa shape index (κ2) is 6.47. The molecule has 3 heterocycles. The van der Waals surface area contributed by atoms with Crippen LogP contribution in [0.2, 0.25) is 0 Å². The number of nitrogens with zero attached hydrogens (tertiary/aromatic N) is 3. The Bertz CT molecular complexity index is 874. The average Bonchev–Trinajstić information content (AvgIpc) is 3.12. The zero-order valence-electron chi connectivity index (χ0n) is 13.9. The highest BCUT2D eigenvalue weighted by molar-refractivity contribution is 9.10. The molecule has 0 spiro atoms. The molecular formula is C16H15BrF3N3O4. The van der Waals surface area contributed by atoms with E-state index in [-0.39, 0.29) is 17.8 Å². The molecule has 2 aliphatic rings. The maximum absolute atomic E-state index is 12.3. The van der Waals surface area contributed by atoms with Gasteiger partial charge in [-0.05, 0) is 34.8 Å². The second-order valence-corrected chi connectivity index (χ2v) is 7.49. The number of hydrogen-bond donors (Lipinski definition) is 1. The summed E-state index contributed by atoms with van der Waals surface area (Å²) in [5.41, 5.74) is 0.766. The van der Waals surface area contributed by atoms with Crippen molar-refractivity contribution >= 4 is 39.1 Å². The molecule has 7 nitrogen and oxygen atoms in total. The van der Waals surface area contributed by atoms with Gasteiger partial charge in [0.2, 0.25) is 0 Å². The van der Waals surface area contributed by atoms with Crippen molar-refractivity contribution in [2.45, 2.75) is 31.1 Å². The lowest BCUT2D eigenvalue weighted by molar-refractivity contribution is -0.153. The van der Waals surface area contributed by atoms with Crippen LogP contribution in [-0.2, 0) is 0 Å². The Morgan fingerprint density at radius 2 is 2.00 bits per heavy atom. The molecule has 1 N–H and O–H groups in total. The van der Waals surface area contributed by atoms with E-state index in [1.807, 2.05) is 4.90 Å². The van der Waals surface area contributed by atoms with Gasteiger partial charge in [-0.15, -0.1) is 0 Å². The zero-order valence-corrected chi connectivity index (χ0v) is 15.5. The smallest absolute Gasteiger partial charge is 0.422 e.